The third-order valence-corrected chi connectivity index (χ3v) is 10.00. The number of aliphatic imine (C=N–C) groups is 1. The summed E-state index contributed by atoms with van der Waals surface area (Å²) in [6.07, 6.45) is -1.11. The maximum absolute atomic E-state index is 14.0. The molecule has 3 aromatic rings. The van der Waals surface area contributed by atoms with Crippen LogP contribution in [0.3, 0.4) is 0 Å². The van der Waals surface area contributed by atoms with E-state index in [0.29, 0.717) is 12.0 Å². The molecule has 0 heterocycles. The molecule has 0 aromatic heterocycles. The van der Waals surface area contributed by atoms with Gasteiger partial charge in [0.05, 0.1) is 6.42 Å². The molecule has 5 atom stereocenters. The van der Waals surface area contributed by atoms with Crippen molar-refractivity contribution in [3.63, 3.8) is 0 Å². The van der Waals surface area contributed by atoms with Gasteiger partial charge in [0.25, 0.3) is 0 Å². The number of esters is 1. The Bertz CT molecular complexity index is 1970. The van der Waals surface area contributed by atoms with E-state index in [-0.39, 0.29) is 50.2 Å². The van der Waals surface area contributed by atoms with Crippen LogP contribution in [0.2, 0.25) is 0 Å². The molecule has 0 unspecified atom stereocenters. The van der Waals surface area contributed by atoms with Crippen LogP contribution in [0.25, 0.3) is 11.1 Å². The quantitative estimate of drug-likeness (QED) is 0.0376. The highest BCUT2D eigenvalue weighted by atomic mass is 16.6. The predicted molar refractivity (Wildman–Crippen MR) is 225 cm³/mol. The molecule has 4 rings (SSSR count). The number of benzene rings is 3. The lowest BCUT2D eigenvalue weighted by Gasteiger charge is -2.29. The zero-order chi connectivity index (χ0) is 44.0. The molecule has 16 heteroatoms. The molecule has 16 nitrogen and oxygen atoms in total. The van der Waals surface area contributed by atoms with E-state index in [9.17, 15) is 33.9 Å². The third-order valence-electron chi connectivity index (χ3n) is 10.00. The van der Waals surface area contributed by atoms with Crippen molar-refractivity contribution in [2.45, 2.75) is 102 Å². The van der Waals surface area contributed by atoms with Gasteiger partial charge in [-0.1, -0.05) is 99.1 Å². The summed E-state index contributed by atoms with van der Waals surface area (Å²) in [5, 5.41) is 20.2. The van der Waals surface area contributed by atoms with Crippen LogP contribution in [0.1, 0.15) is 82.9 Å². The van der Waals surface area contributed by atoms with Crippen LogP contribution in [-0.2, 0) is 39.9 Å². The number of guanidine groups is 1. The molecule has 0 spiro atoms. The van der Waals surface area contributed by atoms with E-state index in [1.165, 1.54) is 0 Å². The van der Waals surface area contributed by atoms with Crippen molar-refractivity contribution in [1.29, 1.82) is 0 Å². The van der Waals surface area contributed by atoms with Gasteiger partial charge in [-0.05, 0) is 67.3 Å². The summed E-state index contributed by atoms with van der Waals surface area (Å²) >= 11 is 0. The van der Waals surface area contributed by atoms with Gasteiger partial charge in [-0.25, -0.2) is 9.59 Å². The maximum atomic E-state index is 14.0. The van der Waals surface area contributed by atoms with Crippen molar-refractivity contribution >= 4 is 41.7 Å². The number of rotatable bonds is 20. The molecule has 0 saturated heterocycles. The molecular weight excluding hydrogens is 771 g/mol. The first-order valence-corrected chi connectivity index (χ1v) is 20.0. The topological polar surface area (TPSA) is 254 Å². The molecule has 1 aliphatic rings. The van der Waals surface area contributed by atoms with Gasteiger partial charge in [-0.3, -0.25) is 24.2 Å². The van der Waals surface area contributed by atoms with Crippen molar-refractivity contribution in [3.05, 3.63) is 95.6 Å². The second-order valence-corrected chi connectivity index (χ2v) is 15.8. The fourth-order valence-electron chi connectivity index (χ4n) is 6.83. The molecule has 0 aliphatic heterocycles. The minimum absolute atomic E-state index is 0.0242. The second-order valence-electron chi connectivity index (χ2n) is 15.8. The zero-order valence-electron chi connectivity index (χ0n) is 34.7. The van der Waals surface area contributed by atoms with E-state index < -0.39 is 71.9 Å². The van der Waals surface area contributed by atoms with Crippen molar-refractivity contribution in [1.82, 2.24) is 21.3 Å². The molecular formula is C44H57N7O9. The number of carbonyl (C=O) groups excluding carboxylic acids is 5. The highest BCUT2D eigenvalue weighted by Gasteiger charge is 2.36. The molecule has 0 saturated carbocycles. The standard InChI is InChI=1S/C44H57N7O9/c1-6-26(2)37(41(57)60-44(3,4)5)51-38(54)33(21-14-22-47-42(45)46)48-40(56)35(24-36(52)53)49-39(55)34(23-27-15-8-7-9-16-27)50-43(58)59-25-32-30-19-12-10-17-28(30)29-18-11-13-20-31(29)32/h7-13,15-20,26,32-35,37H,6,14,21-25H2,1-5H3,(H,48,56)(H,49,55)(H,50,58)(H,51,54)(H,52,53)(H4,45,46,47)/t26-,33-,34-,35-,37-/m0/s1. The lowest BCUT2D eigenvalue weighted by atomic mass is 9.98. The SMILES string of the molecule is CC[C@H](C)[C@H](NC(=O)[C@H](CCCN=C(N)N)NC(=O)[C@H](CC(=O)O)NC(=O)[C@H](Cc1ccccc1)NC(=O)OCC1c2ccccc2-c2ccccc21)C(=O)OC(C)(C)C. The van der Waals surface area contributed by atoms with E-state index in [4.69, 9.17) is 20.9 Å². The van der Waals surface area contributed by atoms with Crippen LogP contribution in [0.5, 0.6) is 0 Å². The van der Waals surface area contributed by atoms with Crippen LogP contribution < -0.4 is 32.7 Å². The maximum Gasteiger partial charge on any atom is 0.407 e. The fourth-order valence-corrected chi connectivity index (χ4v) is 6.83. The van der Waals surface area contributed by atoms with Crippen LogP contribution in [-0.4, -0.2) is 89.7 Å². The van der Waals surface area contributed by atoms with Gasteiger partial charge in [0, 0.05) is 18.9 Å². The second kappa shape index (κ2) is 21.5. The average Bonchev–Trinajstić information content (AvgIpc) is 3.52. The fraction of sp³-hybridized carbons (Fsp3) is 0.432. The van der Waals surface area contributed by atoms with E-state index in [1.54, 1.807) is 58.0 Å². The monoisotopic (exact) mass is 827 g/mol. The number of fused-ring (bicyclic) bond motifs is 3. The molecule has 0 fully saturated rings. The third kappa shape index (κ3) is 13.6. The van der Waals surface area contributed by atoms with Crippen molar-refractivity contribution < 1.29 is 43.3 Å². The molecule has 9 N–H and O–H groups in total. The number of nitrogens with zero attached hydrogens (tertiary/aromatic N) is 1. The summed E-state index contributed by atoms with van der Waals surface area (Å²) in [5.41, 5.74) is 14.8. The summed E-state index contributed by atoms with van der Waals surface area (Å²) < 4.78 is 11.3. The lowest BCUT2D eigenvalue weighted by Crippen LogP contribution is -2.59. The average molecular weight is 828 g/mol. The van der Waals surface area contributed by atoms with Crippen LogP contribution in [0, 0.1) is 5.92 Å². The number of hydrogen-bond acceptors (Lipinski definition) is 9. The molecule has 322 valence electrons. The Morgan fingerprint density at radius 3 is 1.88 bits per heavy atom. The first-order chi connectivity index (χ1) is 28.5. The van der Waals surface area contributed by atoms with Crippen LogP contribution in [0.15, 0.2) is 83.9 Å². The van der Waals surface area contributed by atoms with E-state index >= 15 is 0 Å². The number of carboxylic acids is 1. The smallest absolute Gasteiger partial charge is 0.407 e. The normalized spacial score (nSPS) is 14.4. The van der Waals surface area contributed by atoms with E-state index in [2.05, 4.69) is 26.3 Å². The van der Waals surface area contributed by atoms with Crippen molar-refractivity contribution in [2.75, 3.05) is 13.2 Å². The summed E-state index contributed by atoms with van der Waals surface area (Å²) in [7, 11) is 0. The molecule has 60 heavy (non-hydrogen) atoms. The van der Waals surface area contributed by atoms with E-state index in [1.807, 2.05) is 55.5 Å². The molecule has 4 amide bonds. The number of ether oxygens (including phenoxy) is 2. The van der Waals surface area contributed by atoms with Gasteiger partial charge in [-0.15, -0.1) is 0 Å². The van der Waals surface area contributed by atoms with Gasteiger partial charge < -0.3 is 47.3 Å². The van der Waals surface area contributed by atoms with E-state index in [0.717, 1.165) is 22.3 Å². The minimum atomic E-state index is -1.69. The summed E-state index contributed by atoms with van der Waals surface area (Å²) in [5.74, 6) is -5.48. The number of carbonyl (C=O) groups is 6. The van der Waals surface area contributed by atoms with Gasteiger partial charge in [0.2, 0.25) is 17.7 Å². The number of nitrogens with one attached hydrogen (secondary N) is 4. The molecule has 0 radical (unpaired) electrons. The number of aliphatic carboxylic acids is 1. The Kier molecular flexibility index (Phi) is 16.6. The van der Waals surface area contributed by atoms with Crippen molar-refractivity contribution in [2.24, 2.45) is 22.4 Å². The molecule has 0 bridgehead atoms. The van der Waals surface area contributed by atoms with Crippen molar-refractivity contribution in [3.8, 4) is 11.1 Å². The first kappa shape index (κ1) is 46.2. The largest absolute Gasteiger partial charge is 0.481 e. The molecule has 1 aliphatic carbocycles. The van der Waals surface area contributed by atoms with Gasteiger partial charge in [-0.2, -0.15) is 0 Å². The highest BCUT2D eigenvalue weighted by Crippen LogP contribution is 2.44. The van der Waals surface area contributed by atoms with Crippen LogP contribution in [0.4, 0.5) is 4.79 Å². The highest BCUT2D eigenvalue weighted by molar-refractivity contribution is 5.96. The Labute approximate surface area is 350 Å². The number of hydrogen-bond donors (Lipinski definition) is 7. The minimum Gasteiger partial charge on any atom is -0.481 e. The van der Waals surface area contributed by atoms with Gasteiger partial charge >= 0.3 is 18.0 Å². The summed E-state index contributed by atoms with van der Waals surface area (Å²) in [4.78, 5) is 84.3. The lowest BCUT2D eigenvalue weighted by molar-refractivity contribution is -0.160. The Morgan fingerprint density at radius 2 is 1.32 bits per heavy atom. The summed E-state index contributed by atoms with van der Waals surface area (Å²) in [6, 6.07) is 19.1. The Morgan fingerprint density at radius 1 is 0.767 bits per heavy atom. The van der Waals surface area contributed by atoms with Gasteiger partial charge in [0.1, 0.15) is 36.4 Å². The summed E-state index contributed by atoms with van der Waals surface area (Å²) in [6.45, 7) is 8.77. The Balaban J connectivity index is 1.53. The zero-order valence-corrected chi connectivity index (χ0v) is 34.7. The molecule has 3 aromatic carbocycles. The number of carboxylic acid groups (broad SMARTS) is 1. The number of amides is 4. The number of alkyl carbamates (subject to hydrolysis) is 1. The number of nitrogens with two attached hydrogens (primary N) is 2. The predicted octanol–water partition coefficient (Wildman–Crippen LogP) is 3.51. The van der Waals surface area contributed by atoms with Gasteiger partial charge in [0.15, 0.2) is 5.96 Å². The van der Waals surface area contributed by atoms with Crippen LogP contribution >= 0.6 is 0 Å². The Hall–Kier alpha value is -6.45. The first-order valence-electron chi connectivity index (χ1n) is 20.0.